The Hall–Kier alpha value is -0.710. The predicted octanol–water partition coefficient (Wildman–Crippen LogP) is 1.25. The maximum atomic E-state index is 12.5. The average Bonchev–Trinajstić information content (AvgIpc) is 2.79. The fourth-order valence-corrected chi connectivity index (χ4v) is 3.96. The second kappa shape index (κ2) is 5.51. The van der Waals surface area contributed by atoms with Crippen molar-refractivity contribution in [1.82, 2.24) is 10.2 Å². The van der Waals surface area contributed by atoms with Crippen LogP contribution in [0.4, 0.5) is 0 Å². The van der Waals surface area contributed by atoms with Gasteiger partial charge in [0.1, 0.15) is 6.04 Å². The number of piperazine rings is 1. The van der Waals surface area contributed by atoms with Crippen molar-refractivity contribution in [1.29, 1.82) is 0 Å². The van der Waals surface area contributed by atoms with E-state index in [1.807, 2.05) is 30.5 Å². The summed E-state index contributed by atoms with van der Waals surface area (Å²) in [5, 5.41) is 3.31. The van der Waals surface area contributed by atoms with Crippen LogP contribution in [-0.4, -0.2) is 46.8 Å². The van der Waals surface area contributed by atoms with E-state index in [-0.39, 0.29) is 36.4 Å². The summed E-state index contributed by atoms with van der Waals surface area (Å²) in [5.41, 5.74) is 0. The van der Waals surface area contributed by atoms with Crippen LogP contribution in [0.5, 0.6) is 0 Å². The Kier molecular flexibility index (Phi) is 4.20. The zero-order chi connectivity index (χ0) is 13.3. The van der Waals surface area contributed by atoms with Crippen molar-refractivity contribution in [3.8, 4) is 0 Å². The van der Waals surface area contributed by atoms with Gasteiger partial charge in [-0.15, -0.1) is 0 Å². The van der Waals surface area contributed by atoms with Crippen molar-refractivity contribution in [3.63, 3.8) is 0 Å². The minimum Gasteiger partial charge on any atom is -0.343 e. The molecule has 0 spiro atoms. The molecule has 0 aromatic carbocycles. The Morgan fingerprint density at radius 2 is 2.06 bits per heavy atom. The van der Waals surface area contributed by atoms with Gasteiger partial charge in [-0.3, -0.25) is 9.59 Å². The van der Waals surface area contributed by atoms with Gasteiger partial charge < -0.3 is 10.2 Å². The molecule has 1 saturated carbocycles. The molecule has 5 heteroatoms. The maximum Gasteiger partial charge on any atom is 0.246 e. The van der Waals surface area contributed by atoms with Crippen LogP contribution in [0.1, 0.15) is 33.1 Å². The van der Waals surface area contributed by atoms with Crippen molar-refractivity contribution < 1.29 is 9.59 Å². The lowest BCUT2D eigenvalue weighted by Crippen LogP contribution is -2.63. The number of carbonyl (C=O) groups is 2. The zero-order valence-corrected chi connectivity index (χ0v) is 12.1. The maximum absolute atomic E-state index is 12.5. The molecule has 2 fully saturated rings. The third kappa shape index (κ3) is 2.51. The van der Waals surface area contributed by atoms with Crippen molar-refractivity contribution in [2.24, 2.45) is 5.92 Å². The SMILES string of the molecule is CSC1CCCC1N1CC(=O)NC(C(C)C)C1=O. The minimum absolute atomic E-state index is 0.0138. The molecule has 1 saturated heterocycles. The number of carbonyl (C=O) groups excluding carboxylic acids is 2. The van der Waals surface area contributed by atoms with Crippen LogP contribution < -0.4 is 5.32 Å². The first-order valence-corrected chi connectivity index (χ1v) is 7.96. The van der Waals surface area contributed by atoms with Crippen LogP contribution in [0.3, 0.4) is 0 Å². The van der Waals surface area contributed by atoms with E-state index in [1.54, 1.807) is 0 Å². The molecule has 1 aliphatic carbocycles. The normalized spacial score (nSPS) is 33.1. The summed E-state index contributed by atoms with van der Waals surface area (Å²) in [4.78, 5) is 26.1. The molecular weight excluding hydrogens is 248 g/mol. The molecule has 4 nitrogen and oxygen atoms in total. The number of hydrogen-bond donors (Lipinski definition) is 1. The van der Waals surface area contributed by atoms with E-state index in [0.29, 0.717) is 5.25 Å². The van der Waals surface area contributed by atoms with Gasteiger partial charge in [-0.25, -0.2) is 0 Å². The highest BCUT2D eigenvalue weighted by Gasteiger charge is 2.41. The topological polar surface area (TPSA) is 49.4 Å². The summed E-state index contributed by atoms with van der Waals surface area (Å²) >= 11 is 1.82. The van der Waals surface area contributed by atoms with Gasteiger partial charge in [-0.1, -0.05) is 20.3 Å². The van der Waals surface area contributed by atoms with E-state index >= 15 is 0 Å². The van der Waals surface area contributed by atoms with E-state index in [2.05, 4.69) is 11.6 Å². The van der Waals surface area contributed by atoms with Gasteiger partial charge in [-0.05, 0) is 25.0 Å². The lowest BCUT2D eigenvalue weighted by Gasteiger charge is -2.39. The molecule has 3 unspecified atom stereocenters. The van der Waals surface area contributed by atoms with E-state index in [4.69, 9.17) is 0 Å². The Bertz CT molecular complexity index is 346. The molecule has 3 atom stereocenters. The molecule has 2 rings (SSSR count). The molecule has 1 heterocycles. The Morgan fingerprint density at radius 1 is 1.33 bits per heavy atom. The van der Waals surface area contributed by atoms with Gasteiger partial charge in [0, 0.05) is 11.3 Å². The number of hydrogen-bond acceptors (Lipinski definition) is 3. The highest BCUT2D eigenvalue weighted by molar-refractivity contribution is 7.99. The standard InChI is InChI=1S/C13H22N2O2S/c1-8(2)12-13(17)15(7-11(16)14-12)9-5-4-6-10(9)18-3/h8-10,12H,4-7H2,1-3H3,(H,14,16). The number of rotatable bonds is 3. The molecule has 1 aliphatic heterocycles. The molecule has 0 aromatic heterocycles. The Balaban J connectivity index is 2.15. The van der Waals surface area contributed by atoms with Gasteiger partial charge in [0.15, 0.2) is 0 Å². The minimum atomic E-state index is -0.339. The largest absolute Gasteiger partial charge is 0.343 e. The number of amides is 2. The molecule has 2 amide bonds. The molecule has 0 radical (unpaired) electrons. The van der Waals surface area contributed by atoms with Crippen LogP contribution >= 0.6 is 11.8 Å². The molecule has 102 valence electrons. The molecular formula is C13H22N2O2S. The molecule has 2 aliphatic rings. The van der Waals surface area contributed by atoms with Gasteiger partial charge in [0.05, 0.1) is 6.54 Å². The Morgan fingerprint density at radius 3 is 2.67 bits per heavy atom. The highest BCUT2D eigenvalue weighted by Crippen LogP contribution is 2.33. The van der Waals surface area contributed by atoms with Crippen molar-refractivity contribution in [2.75, 3.05) is 12.8 Å². The summed E-state index contributed by atoms with van der Waals surface area (Å²) in [6.45, 7) is 4.20. The summed E-state index contributed by atoms with van der Waals surface area (Å²) in [5.74, 6) is 0.244. The number of nitrogens with one attached hydrogen (secondary N) is 1. The summed E-state index contributed by atoms with van der Waals surface area (Å²) in [7, 11) is 0. The monoisotopic (exact) mass is 270 g/mol. The lowest BCUT2D eigenvalue weighted by molar-refractivity contribution is -0.147. The summed E-state index contributed by atoms with van der Waals surface area (Å²) < 4.78 is 0. The first kappa shape index (κ1) is 13.7. The summed E-state index contributed by atoms with van der Waals surface area (Å²) in [6, 6.07) is -0.0887. The fraction of sp³-hybridized carbons (Fsp3) is 0.846. The van der Waals surface area contributed by atoms with Crippen LogP contribution in [-0.2, 0) is 9.59 Å². The molecule has 0 bridgehead atoms. The van der Waals surface area contributed by atoms with Crippen molar-refractivity contribution in [2.45, 2.75) is 50.4 Å². The van der Waals surface area contributed by atoms with Crippen molar-refractivity contribution in [3.05, 3.63) is 0 Å². The van der Waals surface area contributed by atoms with Crippen LogP contribution in [0.25, 0.3) is 0 Å². The van der Waals surface area contributed by atoms with Crippen LogP contribution in [0.2, 0.25) is 0 Å². The van der Waals surface area contributed by atoms with Crippen LogP contribution in [0.15, 0.2) is 0 Å². The summed E-state index contributed by atoms with van der Waals surface area (Å²) in [6.07, 6.45) is 5.45. The average molecular weight is 270 g/mol. The lowest BCUT2D eigenvalue weighted by atomic mass is 9.99. The van der Waals surface area contributed by atoms with E-state index in [1.165, 1.54) is 0 Å². The number of nitrogens with zero attached hydrogens (tertiary/aromatic N) is 1. The first-order chi connectivity index (χ1) is 8.54. The fourth-order valence-electron chi connectivity index (χ4n) is 2.96. The third-order valence-electron chi connectivity index (χ3n) is 3.97. The van der Waals surface area contributed by atoms with Gasteiger partial charge in [0.2, 0.25) is 11.8 Å². The number of thioether (sulfide) groups is 1. The second-order valence-electron chi connectivity index (χ2n) is 5.53. The van der Waals surface area contributed by atoms with Crippen LogP contribution in [0, 0.1) is 5.92 Å². The molecule has 18 heavy (non-hydrogen) atoms. The Labute approximate surface area is 113 Å². The van der Waals surface area contributed by atoms with Gasteiger partial charge >= 0.3 is 0 Å². The zero-order valence-electron chi connectivity index (χ0n) is 11.3. The van der Waals surface area contributed by atoms with E-state index in [9.17, 15) is 9.59 Å². The van der Waals surface area contributed by atoms with Gasteiger partial charge in [-0.2, -0.15) is 11.8 Å². The predicted molar refractivity (Wildman–Crippen MR) is 73.4 cm³/mol. The molecule has 0 aromatic rings. The second-order valence-corrected chi connectivity index (χ2v) is 6.60. The highest BCUT2D eigenvalue weighted by atomic mass is 32.2. The van der Waals surface area contributed by atoms with E-state index in [0.717, 1.165) is 19.3 Å². The van der Waals surface area contributed by atoms with Gasteiger partial charge in [0.25, 0.3) is 0 Å². The van der Waals surface area contributed by atoms with Crippen molar-refractivity contribution >= 4 is 23.6 Å². The van der Waals surface area contributed by atoms with E-state index < -0.39 is 0 Å². The quantitative estimate of drug-likeness (QED) is 0.840. The first-order valence-electron chi connectivity index (χ1n) is 6.67. The third-order valence-corrected chi connectivity index (χ3v) is 5.12. The molecule has 1 N–H and O–H groups in total. The smallest absolute Gasteiger partial charge is 0.246 e.